The third-order valence-electron chi connectivity index (χ3n) is 3.86. The molecule has 28 heavy (non-hydrogen) atoms. The molecule has 0 spiro atoms. The van der Waals surface area contributed by atoms with Gasteiger partial charge in [-0.1, -0.05) is 78.9 Å². The van der Waals surface area contributed by atoms with E-state index in [9.17, 15) is 9.36 Å². The van der Waals surface area contributed by atoms with Gasteiger partial charge in [0, 0.05) is 0 Å². The molecule has 1 N–H and O–H groups in total. The second-order valence-electron chi connectivity index (χ2n) is 5.94. The van der Waals surface area contributed by atoms with Crippen LogP contribution in [0.5, 0.6) is 5.75 Å². The summed E-state index contributed by atoms with van der Waals surface area (Å²) >= 11 is 6.30. The number of para-hydroxylation sites is 1. The van der Waals surface area contributed by atoms with Crippen LogP contribution in [0.4, 0.5) is 4.79 Å². The van der Waals surface area contributed by atoms with Gasteiger partial charge in [0.1, 0.15) is 12.4 Å². The third kappa shape index (κ3) is 5.62. The minimum Gasteiger partial charge on any atom is -0.445 e. The van der Waals surface area contributed by atoms with Crippen molar-refractivity contribution in [3.63, 3.8) is 0 Å². The lowest BCUT2D eigenvalue weighted by molar-refractivity contribution is 0.138. The SMILES string of the molecule is O=C(NC(c1ccccc1)P(=O)(Cl)Oc1ccccc1)OCc1ccccc1. The molecule has 0 aliphatic carbocycles. The van der Waals surface area contributed by atoms with Gasteiger partial charge in [-0.3, -0.25) is 4.57 Å². The Morgan fingerprint density at radius 3 is 2.04 bits per heavy atom. The predicted molar refractivity (Wildman–Crippen MR) is 109 cm³/mol. The summed E-state index contributed by atoms with van der Waals surface area (Å²) in [7, 11) is 0. The number of halogens is 1. The molecule has 2 atom stereocenters. The molecule has 0 bridgehead atoms. The Bertz CT molecular complexity index is 938. The molecule has 2 unspecified atom stereocenters. The van der Waals surface area contributed by atoms with Crippen LogP contribution >= 0.6 is 18.0 Å². The summed E-state index contributed by atoms with van der Waals surface area (Å²) in [6.07, 6.45) is -0.741. The van der Waals surface area contributed by atoms with Crippen molar-refractivity contribution in [3.05, 3.63) is 102 Å². The lowest BCUT2D eigenvalue weighted by atomic mass is 10.2. The fourth-order valence-corrected chi connectivity index (χ4v) is 4.55. The molecule has 0 heterocycles. The first-order valence-corrected chi connectivity index (χ1v) is 11.2. The van der Waals surface area contributed by atoms with E-state index in [1.54, 1.807) is 54.6 Å². The fraction of sp³-hybridized carbons (Fsp3) is 0.0952. The van der Waals surface area contributed by atoms with Crippen LogP contribution in [0.25, 0.3) is 0 Å². The van der Waals surface area contributed by atoms with Gasteiger partial charge in [0.15, 0.2) is 5.78 Å². The minimum atomic E-state index is -3.84. The summed E-state index contributed by atoms with van der Waals surface area (Å²) in [6, 6.07) is 26.6. The molecule has 5 nitrogen and oxygen atoms in total. The number of alkyl carbamates (subject to hydrolysis) is 1. The normalized spacial score (nSPS) is 13.8. The molecule has 144 valence electrons. The first kappa shape index (κ1) is 20.0. The molecule has 0 aliphatic heterocycles. The number of hydrogen-bond acceptors (Lipinski definition) is 4. The van der Waals surface area contributed by atoms with Crippen LogP contribution in [0, 0.1) is 0 Å². The number of rotatable bonds is 7. The Labute approximate surface area is 168 Å². The van der Waals surface area contributed by atoms with E-state index in [4.69, 9.17) is 20.5 Å². The largest absolute Gasteiger partial charge is 0.445 e. The number of nitrogens with one attached hydrogen (secondary N) is 1. The Kier molecular flexibility index (Phi) is 6.75. The second-order valence-corrected chi connectivity index (χ2v) is 9.10. The fourth-order valence-electron chi connectivity index (χ4n) is 2.53. The number of ether oxygens (including phenoxy) is 1. The summed E-state index contributed by atoms with van der Waals surface area (Å²) in [5.41, 5.74) is 1.39. The van der Waals surface area contributed by atoms with Crippen LogP contribution in [0.15, 0.2) is 91.0 Å². The zero-order valence-corrected chi connectivity index (χ0v) is 16.6. The predicted octanol–water partition coefficient (Wildman–Crippen LogP) is 6.12. The van der Waals surface area contributed by atoms with Gasteiger partial charge < -0.3 is 14.6 Å². The number of benzene rings is 3. The van der Waals surface area contributed by atoms with E-state index in [1.807, 2.05) is 36.4 Å². The maximum absolute atomic E-state index is 13.2. The number of carbonyl (C=O) groups is 1. The van der Waals surface area contributed by atoms with Crippen LogP contribution in [0.1, 0.15) is 16.9 Å². The van der Waals surface area contributed by atoms with E-state index >= 15 is 0 Å². The van der Waals surface area contributed by atoms with Crippen LogP contribution in [-0.4, -0.2) is 6.09 Å². The highest BCUT2D eigenvalue weighted by molar-refractivity contribution is 7.85. The lowest BCUT2D eigenvalue weighted by Gasteiger charge is -2.24. The zero-order valence-electron chi connectivity index (χ0n) is 14.9. The molecule has 0 fully saturated rings. The average Bonchev–Trinajstić information content (AvgIpc) is 2.72. The summed E-state index contributed by atoms with van der Waals surface area (Å²) < 4.78 is 23.9. The molecule has 3 rings (SSSR count). The highest BCUT2D eigenvalue weighted by atomic mass is 35.7. The van der Waals surface area contributed by atoms with Crippen molar-refractivity contribution in [1.82, 2.24) is 5.32 Å². The topological polar surface area (TPSA) is 64.6 Å². The maximum Gasteiger partial charge on any atom is 0.408 e. The van der Waals surface area contributed by atoms with Gasteiger partial charge >= 0.3 is 12.8 Å². The van der Waals surface area contributed by atoms with Gasteiger partial charge in [-0.25, -0.2) is 4.79 Å². The second kappa shape index (κ2) is 9.45. The first-order valence-electron chi connectivity index (χ1n) is 8.61. The van der Waals surface area contributed by atoms with Crippen molar-refractivity contribution < 1.29 is 18.6 Å². The number of hydrogen-bond donors (Lipinski definition) is 1. The summed E-state index contributed by atoms with van der Waals surface area (Å²) in [6.45, 7) is -3.75. The third-order valence-corrected chi connectivity index (χ3v) is 6.16. The maximum atomic E-state index is 13.2. The van der Waals surface area contributed by atoms with Crippen LogP contribution in [0.3, 0.4) is 0 Å². The van der Waals surface area contributed by atoms with Crippen molar-refractivity contribution in [2.75, 3.05) is 0 Å². The van der Waals surface area contributed by atoms with Crippen molar-refractivity contribution in [3.8, 4) is 5.75 Å². The quantitative estimate of drug-likeness (QED) is 0.472. The molecule has 0 aromatic heterocycles. The van der Waals surface area contributed by atoms with Crippen LogP contribution < -0.4 is 9.84 Å². The monoisotopic (exact) mass is 415 g/mol. The first-order chi connectivity index (χ1) is 13.5. The van der Waals surface area contributed by atoms with Crippen molar-refractivity contribution in [2.45, 2.75) is 12.4 Å². The number of amides is 1. The molecule has 0 saturated carbocycles. The number of carbonyl (C=O) groups excluding carboxylic acids is 1. The molecule has 0 aliphatic rings. The summed E-state index contributed by atoms with van der Waals surface area (Å²) in [5, 5.41) is 2.58. The van der Waals surface area contributed by atoms with Gasteiger partial charge in [0.05, 0.1) is 0 Å². The Morgan fingerprint density at radius 1 is 0.893 bits per heavy atom. The molecule has 1 amide bonds. The van der Waals surface area contributed by atoms with Gasteiger partial charge in [-0.2, -0.15) is 0 Å². The average molecular weight is 416 g/mol. The standard InChI is InChI=1S/C21H19ClNO4P/c22-28(25,27-19-14-8-3-9-15-19)20(18-12-6-2-7-13-18)23-21(24)26-16-17-10-4-1-5-11-17/h1-15,20H,16H2,(H,23,24). The van der Waals surface area contributed by atoms with Gasteiger partial charge in [-0.15, -0.1) is 0 Å². The lowest BCUT2D eigenvalue weighted by Crippen LogP contribution is -2.29. The van der Waals surface area contributed by atoms with E-state index in [-0.39, 0.29) is 6.61 Å². The van der Waals surface area contributed by atoms with Crippen molar-refractivity contribution in [2.24, 2.45) is 0 Å². The summed E-state index contributed by atoms with van der Waals surface area (Å²) in [4.78, 5) is 12.3. The molecule has 0 saturated heterocycles. The van der Waals surface area contributed by atoms with E-state index in [1.165, 1.54) is 0 Å². The van der Waals surface area contributed by atoms with Crippen molar-refractivity contribution >= 4 is 24.1 Å². The highest BCUT2D eigenvalue weighted by Crippen LogP contribution is 2.62. The van der Waals surface area contributed by atoms with Gasteiger partial charge in [0.2, 0.25) is 0 Å². The highest BCUT2D eigenvalue weighted by Gasteiger charge is 2.37. The van der Waals surface area contributed by atoms with Gasteiger partial charge in [-0.05, 0) is 34.5 Å². The zero-order chi connectivity index (χ0) is 19.8. The van der Waals surface area contributed by atoms with E-state index in [2.05, 4.69) is 5.32 Å². The Balaban J connectivity index is 1.75. The molecule has 3 aromatic carbocycles. The Hall–Kier alpha value is -2.75. The Morgan fingerprint density at radius 2 is 1.43 bits per heavy atom. The smallest absolute Gasteiger partial charge is 0.408 e. The molecule has 3 aromatic rings. The molecular weight excluding hydrogens is 397 g/mol. The van der Waals surface area contributed by atoms with E-state index in [0.29, 0.717) is 11.3 Å². The van der Waals surface area contributed by atoms with Crippen LogP contribution in [0.2, 0.25) is 0 Å². The molecular formula is C21H19ClNO4P. The molecule has 0 radical (unpaired) electrons. The van der Waals surface area contributed by atoms with Crippen LogP contribution in [-0.2, 0) is 15.9 Å². The van der Waals surface area contributed by atoms with Gasteiger partial charge in [0.25, 0.3) is 0 Å². The summed E-state index contributed by atoms with van der Waals surface area (Å²) in [5.74, 6) is -0.722. The minimum absolute atomic E-state index is 0.0836. The van der Waals surface area contributed by atoms with E-state index < -0.39 is 18.6 Å². The molecule has 7 heteroatoms. The van der Waals surface area contributed by atoms with E-state index in [0.717, 1.165) is 5.56 Å². The van der Waals surface area contributed by atoms with Crippen molar-refractivity contribution in [1.29, 1.82) is 0 Å².